The number of halogens is 1. The number of aliphatic imine (C=N–C) groups is 2. The number of carboxylic acid groups (broad SMARTS) is 1. The lowest BCUT2D eigenvalue weighted by atomic mass is 10.0. The average Bonchev–Trinajstić information content (AvgIpc) is 2.82. The van der Waals surface area contributed by atoms with Crippen LogP contribution < -0.4 is 15.5 Å². The Labute approximate surface area is 183 Å². The molecular formula is C20H18ClN5O3S. The van der Waals surface area contributed by atoms with E-state index in [9.17, 15) is 9.59 Å². The quantitative estimate of drug-likeness (QED) is 0.497. The lowest BCUT2D eigenvalue weighted by Gasteiger charge is -2.21. The number of rotatable bonds is 4. The molecule has 1 atom stereocenters. The molecule has 2 aromatic carbocycles. The van der Waals surface area contributed by atoms with Gasteiger partial charge in [-0.05, 0) is 30.4 Å². The standard InChI is InChI=1S/C20H18ClN5O3S/c1-26-15-8-7-13(21)11-14(15)16(12-5-3-2-4-6-12)24-17(18(26)27)25-19(30)22-9-10-23-20(28)29/h2-9,11,17,23H,10H2,1H3,(H,25,30)(H,28,29)/b22-9+. The third-order valence-electron chi connectivity index (χ3n) is 4.26. The highest BCUT2D eigenvalue weighted by molar-refractivity contribution is 7.80. The van der Waals surface area contributed by atoms with Crippen molar-refractivity contribution in [3.05, 3.63) is 64.7 Å². The smallest absolute Gasteiger partial charge is 0.404 e. The van der Waals surface area contributed by atoms with E-state index >= 15 is 0 Å². The fraction of sp³-hybridized carbons (Fsp3) is 0.150. The van der Waals surface area contributed by atoms with Crippen molar-refractivity contribution in [3.8, 4) is 0 Å². The van der Waals surface area contributed by atoms with Crippen LogP contribution in [0.2, 0.25) is 5.02 Å². The molecule has 0 bridgehead atoms. The van der Waals surface area contributed by atoms with Crippen molar-refractivity contribution >= 4 is 58.5 Å². The molecule has 0 radical (unpaired) electrons. The van der Waals surface area contributed by atoms with E-state index in [4.69, 9.17) is 28.9 Å². The molecule has 1 aliphatic rings. The highest BCUT2D eigenvalue weighted by atomic mass is 35.5. The number of carbonyl (C=O) groups excluding carboxylic acids is 1. The Kier molecular flexibility index (Phi) is 6.76. The van der Waals surface area contributed by atoms with E-state index in [0.29, 0.717) is 22.0 Å². The number of benzene rings is 2. The van der Waals surface area contributed by atoms with Crippen LogP contribution >= 0.6 is 23.8 Å². The van der Waals surface area contributed by atoms with Gasteiger partial charge in [0.2, 0.25) is 6.17 Å². The largest absolute Gasteiger partial charge is 0.465 e. The van der Waals surface area contributed by atoms with Crippen molar-refractivity contribution in [1.82, 2.24) is 10.6 Å². The van der Waals surface area contributed by atoms with Gasteiger partial charge in [0.25, 0.3) is 5.91 Å². The van der Waals surface area contributed by atoms with Crippen molar-refractivity contribution in [2.24, 2.45) is 9.98 Å². The molecule has 30 heavy (non-hydrogen) atoms. The summed E-state index contributed by atoms with van der Waals surface area (Å²) in [7, 11) is 1.65. The summed E-state index contributed by atoms with van der Waals surface area (Å²) < 4.78 is 0. The summed E-state index contributed by atoms with van der Waals surface area (Å²) in [5.74, 6) is -0.328. The number of thiocarbonyl (C=S) groups is 1. The summed E-state index contributed by atoms with van der Waals surface area (Å²) in [6.45, 7) is -0.0157. The Hall–Kier alpha value is -3.30. The molecular weight excluding hydrogens is 426 g/mol. The van der Waals surface area contributed by atoms with Crippen molar-refractivity contribution in [2.75, 3.05) is 18.5 Å². The number of nitrogens with zero attached hydrogens (tertiary/aromatic N) is 3. The first-order valence-electron chi connectivity index (χ1n) is 8.87. The Morgan fingerprint density at radius 1 is 1.33 bits per heavy atom. The van der Waals surface area contributed by atoms with E-state index in [1.165, 1.54) is 11.1 Å². The lowest BCUT2D eigenvalue weighted by Crippen LogP contribution is -2.45. The molecule has 1 heterocycles. The maximum absolute atomic E-state index is 13.0. The zero-order valence-electron chi connectivity index (χ0n) is 15.9. The number of likely N-dealkylation sites (N-methyl/N-ethyl adjacent to an activating group) is 1. The number of carbonyl (C=O) groups is 2. The summed E-state index contributed by atoms with van der Waals surface area (Å²) in [5.41, 5.74) is 2.78. The molecule has 1 aliphatic heterocycles. The molecule has 0 saturated carbocycles. The number of benzodiazepines with no additional fused rings is 1. The number of anilines is 1. The molecule has 0 spiro atoms. The maximum atomic E-state index is 13.0. The molecule has 0 aromatic heterocycles. The second-order valence-electron chi connectivity index (χ2n) is 6.25. The van der Waals surface area contributed by atoms with Crippen LogP contribution in [0.3, 0.4) is 0 Å². The lowest BCUT2D eigenvalue weighted by molar-refractivity contribution is -0.119. The summed E-state index contributed by atoms with van der Waals surface area (Å²) in [6.07, 6.45) is -0.895. The molecule has 3 rings (SSSR count). The second-order valence-corrected chi connectivity index (χ2v) is 7.08. The summed E-state index contributed by atoms with van der Waals surface area (Å²) >= 11 is 11.4. The van der Waals surface area contributed by atoms with Gasteiger partial charge in [-0.15, -0.1) is 0 Å². The fourth-order valence-corrected chi connectivity index (χ4v) is 3.24. The Morgan fingerprint density at radius 3 is 2.77 bits per heavy atom. The molecule has 10 heteroatoms. The van der Waals surface area contributed by atoms with Crippen LogP contribution in [0.25, 0.3) is 0 Å². The van der Waals surface area contributed by atoms with Crippen LogP contribution in [0.15, 0.2) is 58.5 Å². The minimum absolute atomic E-state index is 0.00842. The second kappa shape index (κ2) is 9.47. The predicted octanol–water partition coefficient (Wildman–Crippen LogP) is 2.69. The van der Waals surface area contributed by atoms with Gasteiger partial charge in [-0.3, -0.25) is 4.79 Å². The van der Waals surface area contributed by atoms with Gasteiger partial charge < -0.3 is 20.6 Å². The fourth-order valence-electron chi connectivity index (χ4n) is 2.88. The zero-order chi connectivity index (χ0) is 21.7. The molecule has 2 amide bonds. The van der Waals surface area contributed by atoms with E-state index in [1.54, 1.807) is 25.2 Å². The molecule has 0 aliphatic carbocycles. The van der Waals surface area contributed by atoms with E-state index in [-0.39, 0.29) is 17.6 Å². The van der Waals surface area contributed by atoms with Gasteiger partial charge >= 0.3 is 6.09 Å². The SMILES string of the molecule is CN1C(=O)C(NC(=S)/N=C/CNC(=O)O)N=C(c2ccccc2)c2cc(Cl)ccc21. The van der Waals surface area contributed by atoms with Gasteiger partial charge in [0, 0.05) is 29.4 Å². The highest BCUT2D eigenvalue weighted by Gasteiger charge is 2.30. The van der Waals surface area contributed by atoms with Gasteiger partial charge in [-0.2, -0.15) is 0 Å². The Balaban J connectivity index is 1.96. The van der Waals surface area contributed by atoms with E-state index < -0.39 is 12.3 Å². The van der Waals surface area contributed by atoms with Crippen LogP contribution in [0.1, 0.15) is 11.1 Å². The van der Waals surface area contributed by atoms with Crippen molar-refractivity contribution in [1.29, 1.82) is 0 Å². The summed E-state index contributed by atoms with van der Waals surface area (Å²) in [6, 6.07) is 14.7. The van der Waals surface area contributed by atoms with Crippen LogP contribution in [0, 0.1) is 0 Å². The predicted molar refractivity (Wildman–Crippen MR) is 121 cm³/mol. The van der Waals surface area contributed by atoms with E-state index in [0.717, 1.165) is 5.56 Å². The van der Waals surface area contributed by atoms with Crippen molar-refractivity contribution in [2.45, 2.75) is 6.17 Å². The van der Waals surface area contributed by atoms with Gasteiger partial charge in [-0.1, -0.05) is 41.9 Å². The van der Waals surface area contributed by atoms with Crippen LogP contribution in [0.4, 0.5) is 10.5 Å². The number of hydrogen-bond acceptors (Lipinski definition) is 4. The van der Waals surface area contributed by atoms with Gasteiger partial charge in [-0.25, -0.2) is 14.8 Å². The van der Waals surface area contributed by atoms with E-state index in [1.807, 2.05) is 30.3 Å². The number of amides is 2. The third-order valence-corrected chi connectivity index (χ3v) is 4.72. The molecule has 2 aromatic rings. The average molecular weight is 444 g/mol. The molecule has 154 valence electrons. The van der Waals surface area contributed by atoms with E-state index in [2.05, 4.69) is 20.6 Å². The zero-order valence-corrected chi connectivity index (χ0v) is 17.4. The van der Waals surface area contributed by atoms with Gasteiger partial charge in [0.1, 0.15) is 0 Å². The molecule has 0 saturated heterocycles. The number of nitrogens with one attached hydrogen (secondary N) is 2. The van der Waals surface area contributed by atoms with Crippen molar-refractivity contribution < 1.29 is 14.7 Å². The maximum Gasteiger partial charge on any atom is 0.404 e. The first kappa shape index (κ1) is 21.4. The normalized spacial score (nSPS) is 15.9. The summed E-state index contributed by atoms with van der Waals surface area (Å²) in [5, 5.41) is 14.1. The highest BCUT2D eigenvalue weighted by Crippen LogP contribution is 2.29. The molecule has 3 N–H and O–H groups in total. The number of hydrogen-bond donors (Lipinski definition) is 3. The van der Waals surface area contributed by atoms with Gasteiger partial charge in [0.05, 0.1) is 17.9 Å². The molecule has 8 nitrogen and oxygen atoms in total. The monoisotopic (exact) mass is 443 g/mol. The Bertz CT molecular complexity index is 1040. The molecule has 0 fully saturated rings. The summed E-state index contributed by atoms with van der Waals surface area (Å²) in [4.78, 5) is 33.6. The van der Waals surface area contributed by atoms with Crippen LogP contribution in [-0.2, 0) is 4.79 Å². The first-order valence-corrected chi connectivity index (χ1v) is 9.66. The topological polar surface area (TPSA) is 106 Å². The first-order chi connectivity index (χ1) is 14.4. The van der Waals surface area contributed by atoms with Gasteiger partial charge in [0.15, 0.2) is 5.11 Å². The number of fused-ring (bicyclic) bond motifs is 1. The third kappa shape index (κ3) is 5.00. The molecule has 1 unspecified atom stereocenters. The minimum atomic E-state index is -1.17. The minimum Gasteiger partial charge on any atom is -0.465 e. The Morgan fingerprint density at radius 2 is 2.07 bits per heavy atom. The van der Waals surface area contributed by atoms with Crippen LogP contribution in [0.5, 0.6) is 0 Å². The van der Waals surface area contributed by atoms with Crippen LogP contribution in [-0.4, -0.2) is 53.9 Å². The van der Waals surface area contributed by atoms with Crippen molar-refractivity contribution in [3.63, 3.8) is 0 Å².